The van der Waals surface area contributed by atoms with Gasteiger partial charge in [-0.3, -0.25) is 0 Å². The molecule has 11 aromatic rings. The number of anilines is 3. The molecule has 9 aromatic carbocycles. The van der Waals surface area contributed by atoms with Crippen LogP contribution < -0.4 is 4.90 Å². The molecule has 0 amide bonds. The number of rotatable bonds is 5. The predicted molar refractivity (Wildman–Crippen MR) is 250 cm³/mol. The van der Waals surface area contributed by atoms with Gasteiger partial charge in [0.1, 0.15) is 0 Å². The van der Waals surface area contributed by atoms with E-state index >= 15 is 0 Å². The topological polar surface area (TPSA) is 8.17 Å². The molecule has 276 valence electrons. The highest BCUT2D eigenvalue weighted by Crippen LogP contribution is 2.58. The molecule has 2 aromatic heterocycles. The van der Waals surface area contributed by atoms with E-state index in [1.807, 2.05) is 11.3 Å². The smallest absolute Gasteiger partial charge is 0.0543 e. The molecule has 1 atom stereocenters. The van der Waals surface area contributed by atoms with Gasteiger partial charge in [0, 0.05) is 59.5 Å². The van der Waals surface area contributed by atoms with Gasteiger partial charge in [0.15, 0.2) is 0 Å². The molecule has 0 saturated carbocycles. The summed E-state index contributed by atoms with van der Waals surface area (Å²) in [6.45, 7) is 0. The van der Waals surface area contributed by atoms with Crippen molar-refractivity contribution in [3.63, 3.8) is 0 Å². The molecule has 13 rings (SSSR count). The Balaban J connectivity index is 1.00. The zero-order valence-corrected chi connectivity index (χ0v) is 33.0. The second-order valence-corrected chi connectivity index (χ2v) is 17.1. The lowest BCUT2D eigenvalue weighted by molar-refractivity contribution is 0.815. The van der Waals surface area contributed by atoms with Crippen molar-refractivity contribution in [3.8, 4) is 39.1 Å². The number of benzene rings is 9. The molecule has 0 radical (unpaired) electrons. The fourth-order valence-electron chi connectivity index (χ4n) is 10.3. The van der Waals surface area contributed by atoms with Crippen LogP contribution in [0.25, 0.3) is 81.0 Å². The van der Waals surface area contributed by atoms with Gasteiger partial charge >= 0.3 is 0 Å². The first-order valence-corrected chi connectivity index (χ1v) is 21.3. The number of aromatic nitrogens is 1. The summed E-state index contributed by atoms with van der Waals surface area (Å²) < 4.78 is 5.01. The van der Waals surface area contributed by atoms with Crippen molar-refractivity contribution in [2.24, 2.45) is 0 Å². The minimum Gasteiger partial charge on any atom is -0.310 e. The summed E-state index contributed by atoms with van der Waals surface area (Å²) in [5.41, 5.74) is 19.3. The van der Waals surface area contributed by atoms with Crippen LogP contribution in [0.3, 0.4) is 0 Å². The Morgan fingerprint density at radius 3 is 2.05 bits per heavy atom. The van der Waals surface area contributed by atoms with Crippen molar-refractivity contribution in [2.75, 3.05) is 4.90 Å². The van der Waals surface area contributed by atoms with Crippen LogP contribution in [-0.2, 0) is 6.42 Å². The van der Waals surface area contributed by atoms with E-state index in [0.29, 0.717) is 5.92 Å². The maximum atomic E-state index is 2.52. The Morgan fingerprint density at radius 2 is 1.15 bits per heavy atom. The van der Waals surface area contributed by atoms with E-state index in [-0.39, 0.29) is 0 Å². The van der Waals surface area contributed by atoms with Gasteiger partial charge in [-0.2, -0.15) is 0 Å². The lowest BCUT2D eigenvalue weighted by atomic mass is 9.77. The van der Waals surface area contributed by atoms with Gasteiger partial charge in [0.25, 0.3) is 0 Å². The first-order valence-electron chi connectivity index (χ1n) is 20.5. The Bertz CT molecular complexity index is 3480. The quantitative estimate of drug-likeness (QED) is 0.169. The average Bonchev–Trinajstić information content (AvgIpc) is 3.95. The molecular weight excluding hydrogens is 733 g/mol. The van der Waals surface area contributed by atoms with Crippen molar-refractivity contribution in [1.82, 2.24) is 4.57 Å². The van der Waals surface area contributed by atoms with Crippen LogP contribution in [0.4, 0.5) is 17.1 Å². The van der Waals surface area contributed by atoms with Gasteiger partial charge in [0.05, 0.1) is 16.7 Å². The molecule has 2 aliphatic carbocycles. The molecule has 0 saturated heterocycles. The molecule has 59 heavy (non-hydrogen) atoms. The fourth-order valence-corrected chi connectivity index (χ4v) is 11.4. The van der Waals surface area contributed by atoms with Crippen molar-refractivity contribution in [2.45, 2.75) is 12.3 Å². The highest BCUT2D eigenvalue weighted by molar-refractivity contribution is 7.25. The third-order valence-electron chi connectivity index (χ3n) is 12.9. The van der Waals surface area contributed by atoms with Crippen LogP contribution in [0.2, 0.25) is 0 Å². The summed E-state index contributed by atoms with van der Waals surface area (Å²) in [5.74, 6) is 0.335. The van der Waals surface area contributed by atoms with Crippen LogP contribution in [0.5, 0.6) is 0 Å². The first-order chi connectivity index (χ1) is 29.3. The van der Waals surface area contributed by atoms with Crippen molar-refractivity contribution in [3.05, 3.63) is 217 Å². The number of para-hydroxylation sites is 2. The van der Waals surface area contributed by atoms with Gasteiger partial charge in [0.2, 0.25) is 0 Å². The van der Waals surface area contributed by atoms with Gasteiger partial charge in [-0.1, -0.05) is 127 Å². The molecule has 2 nitrogen and oxygen atoms in total. The highest BCUT2D eigenvalue weighted by atomic mass is 32.1. The third-order valence-corrected chi connectivity index (χ3v) is 14.1. The van der Waals surface area contributed by atoms with Gasteiger partial charge in [-0.15, -0.1) is 11.3 Å². The maximum absolute atomic E-state index is 2.52. The standard InChI is InChI=1S/C56H36N2S/c1-2-13-38(14-3-1)58-50-20-10-8-18-44(50)47-32-36(24-29-51(47)58)35-22-25-39(26-23-35)57(40-27-31-54-48(34-40)45-19-9-11-21-53(45)59-54)52-30-28-46-42-16-6-7-17-43(42)49-33-37-12-4-5-15-41(37)56(52)55(46)49/h1-32,34,49H,33H2. The van der Waals surface area contributed by atoms with E-state index in [4.69, 9.17) is 0 Å². The van der Waals surface area contributed by atoms with E-state index < -0.39 is 0 Å². The number of fused-ring (bicyclic) bond motifs is 11. The van der Waals surface area contributed by atoms with Crippen molar-refractivity contribution in [1.29, 1.82) is 0 Å². The minimum absolute atomic E-state index is 0.335. The van der Waals surface area contributed by atoms with Gasteiger partial charge < -0.3 is 9.47 Å². The number of nitrogens with zero attached hydrogens (tertiary/aromatic N) is 2. The van der Waals surface area contributed by atoms with Crippen LogP contribution in [0.1, 0.15) is 22.6 Å². The van der Waals surface area contributed by atoms with Crippen molar-refractivity contribution < 1.29 is 0 Å². The van der Waals surface area contributed by atoms with Crippen molar-refractivity contribution >= 4 is 70.4 Å². The van der Waals surface area contributed by atoms with Crippen LogP contribution in [-0.4, -0.2) is 4.57 Å². The minimum atomic E-state index is 0.335. The summed E-state index contributed by atoms with van der Waals surface area (Å²) in [6.07, 6.45) is 1.02. The zero-order valence-electron chi connectivity index (χ0n) is 32.1. The molecule has 3 heteroatoms. The molecule has 0 fully saturated rings. The van der Waals surface area contributed by atoms with E-state index in [1.165, 1.54) is 103 Å². The number of hydrogen-bond donors (Lipinski definition) is 0. The first kappa shape index (κ1) is 32.8. The average molecular weight is 769 g/mol. The number of hydrogen-bond acceptors (Lipinski definition) is 2. The lowest BCUT2D eigenvalue weighted by Gasteiger charge is -2.33. The predicted octanol–water partition coefficient (Wildman–Crippen LogP) is 15.6. The Labute approximate surface area is 346 Å². The molecule has 0 spiro atoms. The summed E-state index contributed by atoms with van der Waals surface area (Å²) >= 11 is 1.87. The molecule has 2 aliphatic rings. The molecule has 2 heterocycles. The van der Waals surface area contributed by atoms with E-state index in [1.54, 1.807) is 0 Å². The SMILES string of the molecule is c1ccc(-n2c3ccccc3c3cc(-c4ccc(N(c5ccc6sc7ccccc7c6c5)c5ccc6c7c5-c5ccccc5CC7c5ccccc5-6)cc4)ccc32)cc1. The Morgan fingerprint density at radius 1 is 0.458 bits per heavy atom. The summed E-state index contributed by atoms with van der Waals surface area (Å²) in [5, 5.41) is 5.13. The zero-order chi connectivity index (χ0) is 38.6. The second kappa shape index (κ2) is 12.6. The Hall–Kier alpha value is -7.20. The number of thiophene rings is 1. The third kappa shape index (κ3) is 4.86. The summed E-state index contributed by atoms with van der Waals surface area (Å²) in [4.78, 5) is 2.52. The fraction of sp³-hybridized carbons (Fsp3) is 0.0357. The summed E-state index contributed by atoms with van der Waals surface area (Å²) in [6, 6.07) is 74.5. The monoisotopic (exact) mass is 768 g/mol. The summed E-state index contributed by atoms with van der Waals surface area (Å²) in [7, 11) is 0. The van der Waals surface area contributed by atoms with E-state index in [9.17, 15) is 0 Å². The molecular formula is C56H36N2S. The second-order valence-electron chi connectivity index (χ2n) is 16.0. The molecule has 0 aliphatic heterocycles. The van der Waals surface area contributed by atoms with Gasteiger partial charge in [-0.25, -0.2) is 0 Å². The van der Waals surface area contributed by atoms with E-state index in [2.05, 4.69) is 210 Å². The van der Waals surface area contributed by atoms with Crippen LogP contribution >= 0.6 is 11.3 Å². The normalized spacial score (nSPS) is 13.9. The van der Waals surface area contributed by atoms with E-state index in [0.717, 1.165) is 17.8 Å². The maximum Gasteiger partial charge on any atom is 0.0543 e. The lowest BCUT2D eigenvalue weighted by Crippen LogP contribution is -2.16. The Kier molecular flexibility index (Phi) is 7.04. The highest BCUT2D eigenvalue weighted by Gasteiger charge is 2.37. The molecule has 0 N–H and O–H groups in total. The van der Waals surface area contributed by atoms with Crippen LogP contribution in [0, 0.1) is 0 Å². The largest absolute Gasteiger partial charge is 0.310 e. The molecule has 0 bridgehead atoms. The van der Waals surface area contributed by atoms with Crippen LogP contribution in [0.15, 0.2) is 200 Å². The van der Waals surface area contributed by atoms with Gasteiger partial charge in [-0.05, 0) is 124 Å². The molecule has 1 unspecified atom stereocenters.